The number of ether oxygens (including phenoxy) is 4. The monoisotopic (exact) mass is 460 g/mol. The lowest BCUT2D eigenvalue weighted by Gasteiger charge is -2.29. The van der Waals surface area contributed by atoms with Crippen LogP contribution in [-0.4, -0.2) is 42.5 Å². The van der Waals surface area contributed by atoms with Gasteiger partial charge in [-0.2, -0.15) is 0 Å². The van der Waals surface area contributed by atoms with E-state index in [1.165, 1.54) is 0 Å². The van der Waals surface area contributed by atoms with Gasteiger partial charge in [-0.3, -0.25) is 0 Å². The minimum absolute atomic E-state index is 0.0917. The van der Waals surface area contributed by atoms with E-state index in [9.17, 15) is 14.4 Å². The summed E-state index contributed by atoms with van der Waals surface area (Å²) < 4.78 is 22.6. The quantitative estimate of drug-likeness (QED) is 0.381. The van der Waals surface area contributed by atoms with E-state index in [2.05, 4.69) is 0 Å². The molecule has 0 spiro atoms. The van der Waals surface area contributed by atoms with Crippen molar-refractivity contribution in [2.45, 2.75) is 31.3 Å². The van der Waals surface area contributed by atoms with Crippen molar-refractivity contribution in [1.29, 1.82) is 0 Å². The Kier molecular flexibility index (Phi) is 7.04. The number of carbonyl (C=O) groups excluding carboxylic acids is 3. The Balaban J connectivity index is 1.48. The Hall–Kier alpha value is -3.97. The molecule has 1 aliphatic heterocycles. The number of benzene rings is 3. The van der Waals surface area contributed by atoms with Gasteiger partial charge >= 0.3 is 17.9 Å². The largest absolute Gasteiger partial charge is 0.459 e. The molecular weight excluding hydrogens is 436 g/mol. The predicted molar refractivity (Wildman–Crippen MR) is 122 cm³/mol. The highest BCUT2D eigenvalue weighted by molar-refractivity contribution is 5.90. The molecule has 7 nitrogen and oxygen atoms in total. The lowest BCUT2D eigenvalue weighted by molar-refractivity contribution is -0.170. The summed E-state index contributed by atoms with van der Waals surface area (Å²) in [5.74, 6) is -1.69. The first-order valence-electron chi connectivity index (χ1n) is 10.9. The van der Waals surface area contributed by atoms with Gasteiger partial charge in [-0.15, -0.1) is 0 Å². The molecule has 174 valence electrons. The van der Waals surface area contributed by atoms with Crippen molar-refractivity contribution < 1.29 is 33.3 Å². The third-order valence-corrected chi connectivity index (χ3v) is 5.42. The summed E-state index contributed by atoms with van der Waals surface area (Å²) in [7, 11) is 0. The minimum atomic E-state index is -1.29. The fourth-order valence-corrected chi connectivity index (χ4v) is 3.67. The van der Waals surface area contributed by atoms with Crippen molar-refractivity contribution in [3.05, 3.63) is 108 Å². The van der Waals surface area contributed by atoms with Crippen LogP contribution in [0.2, 0.25) is 0 Å². The third kappa shape index (κ3) is 5.50. The average molecular weight is 460 g/mol. The summed E-state index contributed by atoms with van der Waals surface area (Å²) in [5, 5.41) is 0. The number of carbonyl (C=O) groups is 3. The highest BCUT2D eigenvalue weighted by Gasteiger charge is 2.51. The van der Waals surface area contributed by atoms with Gasteiger partial charge in [0.15, 0.2) is 5.60 Å². The Morgan fingerprint density at radius 2 is 1.24 bits per heavy atom. The zero-order valence-corrected chi connectivity index (χ0v) is 18.6. The zero-order valence-electron chi connectivity index (χ0n) is 18.6. The second-order valence-electron chi connectivity index (χ2n) is 8.10. The van der Waals surface area contributed by atoms with Gasteiger partial charge in [0.1, 0.15) is 12.7 Å². The van der Waals surface area contributed by atoms with Crippen molar-refractivity contribution in [2.24, 2.45) is 0 Å². The molecule has 7 heteroatoms. The molecule has 1 saturated heterocycles. The van der Waals surface area contributed by atoms with E-state index in [0.717, 1.165) is 0 Å². The van der Waals surface area contributed by atoms with Gasteiger partial charge in [-0.1, -0.05) is 54.6 Å². The van der Waals surface area contributed by atoms with Crippen LogP contribution in [0.1, 0.15) is 44.4 Å². The first-order valence-corrected chi connectivity index (χ1v) is 10.9. The smallest absolute Gasteiger partial charge is 0.340 e. The molecule has 0 aliphatic carbocycles. The molecular formula is C27H24O7. The standard InChI is InChI=1S/C27H24O7/c1-27(34-25(30)21-15-9-4-10-16-21)17-22(18-31-23(28)19-11-5-2-6-12-19)32-26(27)33-24(29)20-13-7-3-8-14-20/h2-16,22,26H,17-18H2,1H3/t22-,26-,27+/m0/s1. The highest BCUT2D eigenvalue weighted by Crippen LogP contribution is 2.36. The normalized spacial score (nSPS) is 21.4. The van der Waals surface area contributed by atoms with E-state index in [0.29, 0.717) is 16.7 Å². The molecule has 1 heterocycles. The van der Waals surface area contributed by atoms with Gasteiger partial charge < -0.3 is 18.9 Å². The van der Waals surface area contributed by atoms with Crippen LogP contribution in [0.5, 0.6) is 0 Å². The van der Waals surface area contributed by atoms with Crippen LogP contribution in [0.4, 0.5) is 0 Å². The second-order valence-corrected chi connectivity index (χ2v) is 8.10. The lowest BCUT2D eigenvalue weighted by atomic mass is 10.0. The highest BCUT2D eigenvalue weighted by atomic mass is 16.7. The Labute approximate surface area is 197 Å². The summed E-state index contributed by atoms with van der Waals surface area (Å²) in [6, 6.07) is 25.5. The SMILES string of the molecule is C[C@@]1(OC(=O)c2ccccc2)C[C@@H](COC(=O)c2ccccc2)O[C@H]1OC(=O)c1ccccc1. The molecule has 0 amide bonds. The second kappa shape index (κ2) is 10.3. The molecule has 0 bridgehead atoms. The molecule has 0 saturated carbocycles. The van der Waals surface area contributed by atoms with Crippen molar-refractivity contribution in [3.63, 3.8) is 0 Å². The van der Waals surface area contributed by atoms with E-state index in [-0.39, 0.29) is 13.0 Å². The van der Waals surface area contributed by atoms with E-state index >= 15 is 0 Å². The average Bonchev–Trinajstić information content (AvgIpc) is 3.18. The fraction of sp³-hybridized carbons (Fsp3) is 0.222. The first-order chi connectivity index (χ1) is 16.4. The summed E-state index contributed by atoms with van der Waals surface area (Å²) >= 11 is 0. The number of hydrogen-bond donors (Lipinski definition) is 0. The van der Waals surface area contributed by atoms with Gasteiger partial charge in [0.2, 0.25) is 6.29 Å². The van der Waals surface area contributed by atoms with Gasteiger partial charge in [-0.05, 0) is 43.3 Å². The van der Waals surface area contributed by atoms with E-state index in [1.54, 1.807) is 97.9 Å². The van der Waals surface area contributed by atoms with Gasteiger partial charge in [0.25, 0.3) is 0 Å². The Bertz CT molecular complexity index is 1130. The molecule has 4 rings (SSSR count). The molecule has 1 aliphatic rings. The fourth-order valence-electron chi connectivity index (χ4n) is 3.67. The summed E-state index contributed by atoms with van der Waals surface area (Å²) in [4.78, 5) is 37.8. The maximum atomic E-state index is 12.8. The van der Waals surface area contributed by atoms with Crippen molar-refractivity contribution in [3.8, 4) is 0 Å². The van der Waals surface area contributed by atoms with Crippen LogP contribution in [0, 0.1) is 0 Å². The predicted octanol–water partition coefficient (Wildman–Crippen LogP) is 4.43. The number of hydrogen-bond acceptors (Lipinski definition) is 7. The zero-order chi connectivity index (χ0) is 24.0. The molecule has 3 aromatic carbocycles. The van der Waals surface area contributed by atoms with Crippen LogP contribution in [0.15, 0.2) is 91.0 Å². The Morgan fingerprint density at radius 3 is 1.76 bits per heavy atom. The molecule has 0 aromatic heterocycles. The number of rotatable bonds is 7. The van der Waals surface area contributed by atoms with Crippen molar-refractivity contribution >= 4 is 17.9 Å². The Morgan fingerprint density at radius 1 is 0.765 bits per heavy atom. The molecule has 0 N–H and O–H groups in total. The maximum absolute atomic E-state index is 12.8. The lowest BCUT2D eigenvalue weighted by Crippen LogP contribution is -2.42. The topological polar surface area (TPSA) is 88.1 Å². The van der Waals surface area contributed by atoms with Gasteiger partial charge in [-0.25, -0.2) is 14.4 Å². The molecule has 0 unspecified atom stereocenters. The summed E-state index contributed by atoms with van der Waals surface area (Å²) in [5.41, 5.74) is -0.190. The summed E-state index contributed by atoms with van der Waals surface area (Å²) in [6.07, 6.45) is -1.66. The van der Waals surface area contributed by atoms with Gasteiger partial charge in [0, 0.05) is 6.42 Å². The molecule has 3 aromatic rings. The maximum Gasteiger partial charge on any atom is 0.340 e. The number of esters is 3. The minimum Gasteiger partial charge on any atom is -0.459 e. The van der Waals surface area contributed by atoms with Crippen LogP contribution in [-0.2, 0) is 18.9 Å². The molecule has 0 radical (unpaired) electrons. The van der Waals surface area contributed by atoms with Crippen LogP contribution >= 0.6 is 0 Å². The van der Waals surface area contributed by atoms with E-state index in [4.69, 9.17) is 18.9 Å². The van der Waals surface area contributed by atoms with Crippen molar-refractivity contribution in [2.75, 3.05) is 6.61 Å². The third-order valence-electron chi connectivity index (χ3n) is 5.42. The molecule has 3 atom stereocenters. The summed E-state index contributed by atoms with van der Waals surface area (Å²) in [6.45, 7) is 1.54. The van der Waals surface area contributed by atoms with Crippen LogP contribution in [0.3, 0.4) is 0 Å². The van der Waals surface area contributed by atoms with Crippen molar-refractivity contribution in [1.82, 2.24) is 0 Å². The first kappa shape index (κ1) is 23.2. The van der Waals surface area contributed by atoms with Crippen LogP contribution in [0.25, 0.3) is 0 Å². The van der Waals surface area contributed by atoms with Gasteiger partial charge in [0.05, 0.1) is 16.7 Å². The van der Waals surface area contributed by atoms with E-state index in [1.807, 2.05) is 0 Å². The van der Waals surface area contributed by atoms with E-state index < -0.39 is 35.9 Å². The van der Waals surface area contributed by atoms with Crippen LogP contribution < -0.4 is 0 Å². The molecule has 1 fully saturated rings. The molecule has 34 heavy (non-hydrogen) atoms.